The number of piperidine rings is 1. The summed E-state index contributed by atoms with van der Waals surface area (Å²) < 4.78 is 28.8. The minimum Gasteiger partial charge on any atom is -0.390 e. The van der Waals surface area contributed by atoms with Crippen molar-refractivity contribution in [3.05, 3.63) is 0 Å². The Morgan fingerprint density at radius 2 is 1.83 bits per heavy atom. The van der Waals surface area contributed by atoms with Crippen molar-refractivity contribution in [2.45, 2.75) is 56.7 Å². The monoisotopic (exact) mass is 345 g/mol. The molecule has 1 amide bonds. The van der Waals surface area contributed by atoms with Crippen molar-refractivity contribution in [2.75, 3.05) is 31.2 Å². The molecule has 0 aliphatic carbocycles. The van der Waals surface area contributed by atoms with Gasteiger partial charge in [-0.3, -0.25) is 4.79 Å². The van der Waals surface area contributed by atoms with Crippen LogP contribution >= 0.6 is 0 Å². The van der Waals surface area contributed by atoms with Gasteiger partial charge in [-0.25, -0.2) is 8.42 Å². The lowest BCUT2D eigenvalue weighted by molar-refractivity contribution is -0.180. The molecule has 0 aromatic rings. The van der Waals surface area contributed by atoms with E-state index in [1.165, 1.54) is 0 Å². The number of carbonyl (C=O) groups excluding carboxylic acids is 1. The van der Waals surface area contributed by atoms with E-state index in [2.05, 4.69) is 0 Å². The Morgan fingerprint density at radius 1 is 1.17 bits per heavy atom. The Morgan fingerprint density at radius 3 is 2.43 bits per heavy atom. The highest BCUT2D eigenvalue weighted by atomic mass is 32.2. The predicted molar refractivity (Wildman–Crippen MR) is 85.7 cm³/mol. The van der Waals surface area contributed by atoms with Crippen molar-refractivity contribution in [3.63, 3.8) is 0 Å². The van der Waals surface area contributed by atoms with Gasteiger partial charge < -0.3 is 14.7 Å². The van der Waals surface area contributed by atoms with Crippen LogP contribution in [-0.4, -0.2) is 67.2 Å². The molecule has 0 saturated carbocycles. The molecule has 1 atom stereocenters. The molecule has 0 radical (unpaired) electrons. The van der Waals surface area contributed by atoms with Crippen molar-refractivity contribution >= 4 is 15.7 Å². The summed E-state index contributed by atoms with van der Waals surface area (Å²) in [6, 6.07) is 0. The summed E-state index contributed by atoms with van der Waals surface area (Å²) in [5, 5.41) is 10.2. The molecule has 3 heterocycles. The van der Waals surface area contributed by atoms with E-state index in [0.29, 0.717) is 51.8 Å². The third kappa shape index (κ3) is 3.88. The van der Waals surface area contributed by atoms with Crippen LogP contribution in [0.25, 0.3) is 0 Å². The van der Waals surface area contributed by atoms with Crippen molar-refractivity contribution < 1.29 is 23.1 Å². The van der Waals surface area contributed by atoms with E-state index in [9.17, 15) is 18.3 Å². The summed E-state index contributed by atoms with van der Waals surface area (Å²) >= 11 is 0. The molecule has 0 aromatic heterocycles. The minimum atomic E-state index is -2.87. The van der Waals surface area contributed by atoms with E-state index in [0.717, 1.165) is 12.8 Å². The fraction of sp³-hybridized carbons (Fsp3) is 0.938. The van der Waals surface area contributed by atoms with Crippen LogP contribution in [0, 0.1) is 5.92 Å². The van der Waals surface area contributed by atoms with Gasteiger partial charge in [0.2, 0.25) is 5.91 Å². The molecule has 6 nitrogen and oxygen atoms in total. The van der Waals surface area contributed by atoms with Crippen molar-refractivity contribution in [1.82, 2.24) is 4.90 Å². The third-order valence-corrected chi connectivity index (χ3v) is 7.43. The molecule has 3 aliphatic heterocycles. The number of likely N-dealkylation sites (tertiary alicyclic amines) is 1. The Bertz CT molecular complexity index is 525. The normalized spacial score (nSPS) is 31.2. The lowest BCUT2D eigenvalue weighted by Crippen LogP contribution is -2.56. The van der Waals surface area contributed by atoms with Gasteiger partial charge in [-0.2, -0.15) is 0 Å². The molecule has 0 aromatic carbocycles. The smallest absolute Gasteiger partial charge is 0.222 e. The summed E-state index contributed by atoms with van der Waals surface area (Å²) in [7, 11) is -2.87. The largest absolute Gasteiger partial charge is 0.390 e. The molecule has 23 heavy (non-hydrogen) atoms. The van der Waals surface area contributed by atoms with Gasteiger partial charge in [0.1, 0.15) is 9.84 Å². The second kappa shape index (κ2) is 6.69. The van der Waals surface area contributed by atoms with Crippen LogP contribution in [0.3, 0.4) is 0 Å². The van der Waals surface area contributed by atoms with Crippen LogP contribution < -0.4 is 0 Å². The van der Waals surface area contributed by atoms with E-state index in [4.69, 9.17) is 4.74 Å². The van der Waals surface area contributed by atoms with E-state index in [1.54, 1.807) is 0 Å². The first kappa shape index (κ1) is 17.2. The SMILES string of the molecule is O=C(CC1CCS(=O)(=O)CC1)N1CCC2(CC1)OCCCC2O. The summed E-state index contributed by atoms with van der Waals surface area (Å²) in [6.45, 7) is 1.95. The van der Waals surface area contributed by atoms with Gasteiger partial charge in [0.05, 0.1) is 23.2 Å². The highest BCUT2D eigenvalue weighted by Crippen LogP contribution is 2.35. The molecule has 1 spiro atoms. The lowest BCUT2D eigenvalue weighted by Gasteiger charge is -2.46. The molecule has 1 unspecified atom stereocenters. The van der Waals surface area contributed by atoms with Crippen LogP contribution in [0.1, 0.15) is 44.9 Å². The standard InChI is InChI=1S/C16H27NO5S/c18-14-2-1-9-22-16(14)5-7-17(8-6-16)15(19)12-13-3-10-23(20,21)11-4-13/h13-14,18H,1-12H2. The zero-order valence-electron chi connectivity index (χ0n) is 13.6. The summed E-state index contributed by atoms with van der Waals surface area (Å²) in [4.78, 5) is 14.3. The maximum Gasteiger partial charge on any atom is 0.222 e. The van der Waals surface area contributed by atoms with Gasteiger partial charge in [-0.1, -0.05) is 0 Å². The van der Waals surface area contributed by atoms with Gasteiger partial charge in [0, 0.05) is 26.1 Å². The Kier molecular flexibility index (Phi) is 4.99. The third-order valence-electron chi connectivity index (χ3n) is 5.72. The predicted octanol–water partition coefficient (Wildman–Crippen LogP) is 0.734. The number of aliphatic hydroxyl groups is 1. The second-order valence-electron chi connectivity index (χ2n) is 7.25. The molecular weight excluding hydrogens is 318 g/mol. The quantitative estimate of drug-likeness (QED) is 0.798. The van der Waals surface area contributed by atoms with Gasteiger partial charge in [-0.05, 0) is 44.4 Å². The highest BCUT2D eigenvalue weighted by Gasteiger charge is 2.44. The van der Waals surface area contributed by atoms with E-state index < -0.39 is 21.5 Å². The Labute approximate surface area is 138 Å². The summed E-state index contributed by atoms with van der Waals surface area (Å²) in [5.74, 6) is 0.746. The molecular formula is C16H27NO5S. The van der Waals surface area contributed by atoms with Crippen molar-refractivity contribution in [2.24, 2.45) is 5.92 Å². The number of aliphatic hydroxyl groups excluding tert-OH is 1. The molecule has 132 valence electrons. The topological polar surface area (TPSA) is 83.9 Å². The highest BCUT2D eigenvalue weighted by molar-refractivity contribution is 7.91. The van der Waals surface area contributed by atoms with Crippen LogP contribution in [0.2, 0.25) is 0 Å². The summed E-state index contributed by atoms with van der Waals surface area (Å²) in [6.07, 6.45) is 4.31. The molecule has 3 rings (SSSR count). The zero-order chi connectivity index (χ0) is 16.5. The maximum absolute atomic E-state index is 12.5. The molecule has 1 N–H and O–H groups in total. The number of rotatable bonds is 2. The van der Waals surface area contributed by atoms with Crippen molar-refractivity contribution in [1.29, 1.82) is 0 Å². The summed E-state index contributed by atoms with van der Waals surface area (Å²) in [5.41, 5.74) is -0.450. The van der Waals surface area contributed by atoms with Gasteiger partial charge >= 0.3 is 0 Å². The Hall–Kier alpha value is -0.660. The van der Waals surface area contributed by atoms with Gasteiger partial charge in [0.25, 0.3) is 0 Å². The fourth-order valence-corrected chi connectivity index (χ4v) is 5.63. The lowest BCUT2D eigenvalue weighted by atomic mass is 9.82. The number of hydrogen-bond donors (Lipinski definition) is 1. The Balaban J connectivity index is 1.49. The molecule has 7 heteroatoms. The molecule has 3 saturated heterocycles. The first-order chi connectivity index (χ1) is 10.9. The number of amides is 1. The second-order valence-corrected chi connectivity index (χ2v) is 9.56. The average Bonchev–Trinajstić information content (AvgIpc) is 2.53. The van der Waals surface area contributed by atoms with Crippen LogP contribution in [-0.2, 0) is 19.4 Å². The van der Waals surface area contributed by atoms with E-state index in [-0.39, 0.29) is 23.3 Å². The van der Waals surface area contributed by atoms with Crippen LogP contribution in [0.4, 0.5) is 0 Å². The first-order valence-corrected chi connectivity index (χ1v) is 10.5. The van der Waals surface area contributed by atoms with Gasteiger partial charge in [0.15, 0.2) is 0 Å². The first-order valence-electron chi connectivity index (χ1n) is 8.70. The van der Waals surface area contributed by atoms with E-state index >= 15 is 0 Å². The van der Waals surface area contributed by atoms with Crippen molar-refractivity contribution in [3.8, 4) is 0 Å². The van der Waals surface area contributed by atoms with E-state index in [1.807, 2.05) is 4.90 Å². The molecule has 3 fully saturated rings. The molecule has 3 aliphatic rings. The number of nitrogens with zero attached hydrogens (tertiary/aromatic N) is 1. The number of ether oxygens (including phenoxy) is 1. The van der Waals surface area contributed by atoms with Crippen LogP contribution in [0.5, 0.6) is 0 Å². The maximum atomic E-state index is 12.5. The minimum absolute atomic E-state index is 0.120. The van der Waals surface area contributed by atoms with Crippen LogP contribution in [0.15, 0.2) is 0 Å². The average molecular weight is 345 g/mol. The van der Waals surface area contributed by atoms with Gasteiger partial charge in [-0.15, -0.1) is 0 Å². The number of hydrogen-bond acceptors (Lipinski definition) is 5. The number of carbonyl (C=O) groups is 1. The molecule has 0 bridgehead atoms. The fourth-order valence-electron chi connectivity index (χ4n) is 4.04. The number of sulfone groups is 1. The zero-order valence-corrected chi connectivity index (χ0v) is 14.4.